The maximum absolute atomic E-state index is 11.7. The highest BCUT2D eigenvalue weighted by molar-refractivity contribution is 8.00. The molecule has 4 heteroatoms. The van der Waals surface area contributed by atoms with E-state index in [1.165, 1.54) is 0 Å². The standard InChI is InChI=1S/C14H20ClNOS/c1-14(2,3)18-9-8-16-13(17)10-11-4-6-12(15)7-5-11/h4-7H,8-10H2,1-3H3,(H,16,17). The first-order valence-electron chi connectivity index (χ1n) is 6.02. The van der Waals surface area contributed by atoms with E-state index in [0.29, 0.717) is 18.0 Å². The Morgan fingerprint density at radius 3 is 2.44 bits per heavy atom. The summed E-state index contributed by atoms with van der Waals surface area (Å²) in [6.07, 6.45) is 0.414. The van der Waals surface area contributed by atoms with Crippen molar-refractivity contribution in [1.29, 1.82) is 0 Å². The number of amides is 1. The summed E-state index contributed by atoms with van der Waals surface area (Å²) in [5.41, 5.74) is 0.986. The summed E-state index contributed by atoms with van der Waals surface area (Å²) in [5.74, 6) is 1.00. The van der Waals surface area contributed by atoms with Gasteiger partial charge in [-0.3, -0.25) is 4.79 Å². The summed E-state index contributed by atoms with van der Waals surface area (Å²) < 4.78 is 0.251. The second-order valence-electron chi connectivity index (χ2n) is 5.11. The van der Waals surface area contributed by atoms with E-state index in [-0.39, 0.29) is 10.7 Å². The number of halogens is 1. The monoisotopic (exact) mass is 285 g/mol. The van der Waals surface area contributed by atoms with Crippen LogP contribution >= 0.6 is 23.4 Å². The van der Waals surface area contributed by atoms with E-state index in [1.54, 1.807) is 12.1 Å². The quantitative estimate of drug-likeness (QED) is 0.839. The highest BCUT2D eigenvalue weighted by atomic mass is 35.5. The van der Waals surface area contributed by atoms with Gasteiger partial charge < -0.3 is 5.32 Å². The molecule has 0 aliphatic rings. The van der Waals surface area contributed by atoms with Crippen molar-refractivity contribution in [2.24, 2.45) is 0 Å². The molecule has 0 heterocycles. The van der Waals surface area contributed by atoms with Crippen molar-refractivity contribution in [2.45, 2.75) is 31.9 Å². The average Bonchev–Trinajstić information content (AvgIpc) is 2.26. The van der Waals surface area contributed by atoms with Gasteiger partial charge in [-0.1, -0.05) is 44.5 Å². The van der Waals surface area contributed by atoms with Crippen LogP contribution < -0.4 is 5.32 Å². The first kappa shape index (κ1) is 15.4. The Balaban J connectivity index is 2.24. The normalized spacial score (nSPS) is 11.3. The highest BCUT2D eigenvalue weighted by Crippen LogP contribution is 2.21. The zero-order chi connectivity index (χ0) is 13.6. The Labute approximate surface area is 118 Å². The van der Waals surface area contributed by atoms with Gasteiger partial charge in [0.25, 0.3) is 0 Å². The van der Waals surface area contributed by atoms with E-state index in [0.717, 1.165) is 11.3 Å². The first-order chi connectivity index (χ1) is 8.37. The highest BCUT2D eigenvalue weighted by Gasteiger charge is 2.10. The zero-order valence-electron chi connectivity index (χ0n) is 11.1. The molecule has 0 atom stereocenters. The van der Waals surface area contributed by atoms with Crippen molar-refractivity contribution in [3.05, 3.63) is 34.9 Å². The third kappa shape index (κ3) is 6.92. The third-order valence-corrected chi connectivity index (χ3v) is 3.76. The second kappa shape index (κ2) is 7.05. The fourth-order valence-corrected chi connectivity index (χ4v) is 2.34. The average molecular weight is 286 g/mol. The van der Waals surface area contributed by atoms with Gasteiger partial charge in [0.15, 0.2) is 0 Å². The number of rotatable bonds is 5. The van der Waals surface area contributed by atoms with Crippen LogP contribution in [0, 0.1) is 0 Å². The number of hydrogen-bond acceptors (Lipinski definition) is 2. The minimum absolute atomic E-state index is 0.0619. The molecule has 0 unspecified atom stereocenters. The molecular formula is C14H20ClNOS. The molecule has 1 amide bonds. The number of carbonyl (C=O) groups excluding carboxylic acids is 1. The molecular weight excluding hydrogens is 266 g/mol. The van der Waals surface area contributed by atoms with Gasteiger partial charge in [0.2, 0.25) is 5.91 Å². The predicted molar refractivity (Wildman–Crippen MR) is 80.4 cm³/mol. The van der Waals surface area contributed by atoms with E-state index in [2.05, 4.69) is 26.1 Å². The van der Waals surface area contributed by atoms with Crippen molar-refractivity contribution in [1.82, 2.24) is 5.32 Å². The molecule has 0 saturated carbocycles. The van der Waals surface area contributed by atoms with Gasteiger partial charge in [-0.2, -0.15) is 11.8 Å². The number of benzene rings is 1. The maximum atomic E-state index is 11.7. The van der Waals surface area contributed by atoms with Crippen LogP contribution in [0.1, 0.15) is 26.3 Å². The van der Waals surface area contributed by atoms with Gasteiger partial charge >= 0.3 is 0 Å². The van der Waals surface area contributed by atoms with Crippen LogP contribution in [0.3, 0.4) is 0 Å². The van der Waals surface area contributed by atoms with Gasteiger partial charge in [0.05, 0.1) is 6.42 Å². The van der Waals surface area contributed by atoms with Crippen LogP contribution in [0.25, 0.3) is 0 Å². The minimum atomic E-state index is 0.0619. The molecule has 1 rings (SSSR count). The molecule has 2 nitrogen and oxygen atoms in total. The lowest BCUT2D eigenvalue weighted by Gasteiger charge is -2.17. The maximum Gasteiger partial charge on any atom is 0.224 e. The molecule has 1 aromatic carbocycles. The summed E-state index contributed by atoms with van der Waals surface area (Å²) in [6.45, 7) is 7.24. The van der Waals surface area contributed by atoms with Crippen LogP contribution in [0.15, 0.2) is 24.3 Å². The van der Waals surface area contributed by atoms with Gasteiger partial charge in [0.1, 0.15) is 0 Å². The lowest BCUT2D eigenvalue weighted by Crippen LogP contribution is -2.28. The summed E-state index contributed by atoms with van der Waals surface area (Å²) in [7, 11) is 0. The summed E-state index contributed by atoms with van der Waals surface area (Å²) in [5, 5.41) is 3.62. The fourth-order valence-electron chi connectivity index (χ4n) is 1.40. The Morgan fingerprint density at radius 2 is 1.89 bits per heavy atom. The van der Waals surface area contributed by atoms with Crippen molar-refractivity contribution in [3.8, 4) is 0 Å². The molecule has 0 bridgehead atoms. The van der Waals surface area contributed by atoms with Crippen LogP contribution in [0.5, 0.6) is 0 Å². The van der Waals surface area contributed by atoms with Crippen molar-refractivity contribution in [3.63, 3.8) is 0 Å². The van der Waals surface area contributed by atoms with Crippen LogP contribution in [-0.4, -0.2) is 23.0 Å². The SMILES string of the molecule is CC(C)(C)SCCNC(=O)Cc1ccc(Cl)cc1. The third-order valence-electron chi connectivity index (χ3n) is 2.24. The minimum Gasteiger partial charge on any atom is -0.355 e. The molecule has 0 spiro atoms. The molecule has 1 N–H and O–H groups in total. The molecule has 0 radical (unpaired) electrons. The smallest absolute Gasteiger partial charge is 0.224 e. The Morgan fingerprint density at radius 1 is 1.28 bits per heavy atom. The zero-order valence-corrected chi connectivity index (χ0v) is 12.7. The van der Waals surface area contributed by atoms with E-state index >= 15 is 0 Å². The molecule has 0 aliphatic heterocycles. The number of nitrogens with one attached hydrogen (secondary N) is 1. The summed E-state index contributed by atoms with van der Waals surface area (Å²) in [4.78, 5) is 11.7. The Bertz CT molecular complexity index is 384. The lowest BCUT2D eigenvalue weighted by molar-refractivity contribution is -0.120. The van der Waals surface area contributed by atoms with Gasteiger partial charge in [-0.25, -0.2) is 0 Å². The van der Waals surface area contributed by atoms with E-state index in [9.17, 15) is 4.79 Å². The second-order valence-corrected chi connectivity index (χ2v) is 7.47. The molecule has 0 aliphatic carbocycles. The summed E-state index contributed by atoms with van der Waals surface area (Å²) >= 11 is 7.64. The van der Waals surface area contributed by atoms with Crippen LogP contribution in [-0.2, 0) is 11.2 Å². The van der Waals surface area contributed by atoms with Crippen molar-refractivity contribution >= 4 is 29.3 Å². The molecule has 0 saturated heterocycles. The summed E-state index contributed by atoms with van der Waals surface area (Å²) in [6, 6.07) is 7.37. The molecule has 0 aromatic heterocycles. The van der Waals surface area contributed by atoms with E-state index < -0.39 is 0 Å². The van der Waals surface area contributed by atoms with Crippen molar-refractivity contribution < 1.29 is 4.79 Å². The lowest BCUT2D eigenvalue weighted by atomic mass is 10.1. The topological polar surface area (TPSA) is 29.1 Å². The predicted octanol–water partition coefficient (Wildman–Crippen LogP) is 3.53. The van der Waals surface area contributed by atoms with Gasteiger partial charge in [0, 0.05) is 22.1 Å². The number of carbonyl (C=O) groups is 1. The van der Waals surface area contributed by atoms with Gasteiger partial charge in [-0.15, -0.1) is 0 Å². The molecule has 100 valence electrons. The van der Waals surface area contributed by atoms with Crippen molar-refractivity contribution in [2.75, 3.05) is 12.3 Å². The van der Waals surface area contributed by atoms with Crippen LogP contribution in [0.2, 0.25) is 5.02 Å². The molecule has 0 fully saturated rings. The Kier molecular flexibility index (Phi) is 6.03. The molecule has 1 aromatic rings. The van der Waals surface area contributed by atoms with E-state index in [4.69, 9.17) is 11.6 Å². The van der Waals surface area contributed by atoms with E-state index in [1.807, 2.05) is 23.9 Å². The van der Waals surface area contributed by atoms with Gasteiger partial charge in [-0.05, 0) is 17.7 Å². The fraction of sp³-hybridized carbons (Fsp3) is 0.500. The Hall–Kier alpha value is -0.670. The molecule has 18 heavy (non-hydrogen) atoms. The van der Waals surface area contributed by atoms with Crippen LogP contribution in [0.4, 0.5) is 0 Å². The number of thioether (sulfide) groups is 1. The number of hydrogen-bond donors (Lipinski definition) is 1. The largest absolute Gasteiger partial charge is 0.355 e. The first-order valence-corrected chi connectivity index (χ1v) is 7.38.